The number of carboxylic acids is 2. The van der Waals surface area contributed by atoms with Gasteiger partial charge in [0.2, 0.25) is 0 Å². The number of aliphatic carboxylic acids is 2. The molecule has 0 fully saturated rings. The van der Waals surface area contributed by atoms with Crippen LogP contribution in [0.15, 0.2) is 0 Å². The summed E-state index contributed by atoms with van der Waals surface area (Å²) >= 11 is 0. The SMILES string of the molecule is CCCCCCCCCCC[C-]=O.O=C(O)CC(C(=O)O)S(=O)(=O)O.[Na+]. The van der Waals surface area contributed by atoms with Gasteiger partial charge in [-0.1, -0.05) is 64.7 Å². The van der Waals surface area contributed by atoms with Gasteiger partial charge in [-0.25, -0.2) is 0 Å². The fourth-order valence-corrected chi connectivity index (χ4v) is 2.59. The average molecular weight is 404 g/mol. The molecular weight excluding hydrogens is 375 g/mol. The van der Waals surface area contributed by atoms with Gasteiger partial charge in [0.1, 0.15) is 0 Å². The van der Waals surface area contributed by atoms with Gasteiger partial charge in [0.05, 0.1) is 6.42 Å². The van der Waals surface area contributed by atoms with Gasteiger partial charge in [-0.3, -0.25) is 20.4 Å². The van der Waals surface area contributed by atoms with Crippen molar-refractivity contribution in [2.75, 3.05) is 0 Å². The Bertz CT molecular complexity index is 479. The summed E-state index contributed by atoms with van der Waals surface area (Å²) in [6.45, 7) is 2.25. The molecule has 0 spiro atoms. The van der Waals surface area contributed by atoms with Crippen LogP contribution in [0.1, 0.15) is 77.6 Å². The van der Waals surface area contributed by atoms with Crippen molar-refractivity contribution in [2.45, 2.75) is 82.8 Å². The summed E-state index contributed by atoms with van der Waals surface area (Å²) in [6, 6.07) is 0. The van der Waals surface area contributed by atoms with Gasteiger partial charge in [0, 0.05) is 0 Å². The summed E-state index contributed by atoms with van der Waals surface area (Å²) in [4.78, 5) is 29.9. The molecule has 1 atom stereocenters. The minimum Gasteiger partial charge on any atom is -0.542 e. The Morgan fingerprint density at radius 1 is 0.923 bits per heavy atom. The smallest absolute Gasteiger partial charge is 0.542 e. The Kier molecular flexibility index (Phi) is 22.4. The van der Waals surface area contributed by atoms with Crippen molar-refractivity contribution >= 4 is 28.3 Å². The number of carboxylic acid groups (broad SMARTS) is 2. The van der Waals surface area contributed by atoms with E-state index in [-0.39, 0.29) is 29.6 Å². The van der Waals surface area contributed by atoms with Crippen molar-refractivity contribution in [3.8, 4) is 0 Å². The number of carbonyl (C=O) groups is 2. The van der Waals surface area contributed by atoms with E-state index in [1.165, 1.54) is 51.4 Å². The van der Waals surface area contributed by atoms with E-state index in [4.69, 9.17) is 14.8 Å². The molecule has 3 N–H and O–H groups in total. The molecule has 0 aromatic rings. The van der Waals surface area contributed by atoms with E-state index in [1.807, 2.05) is 6.29 Å². The third-order valence-corrected chi connectivity index (χ3v) is 4.46. The fourth-order valence-electron chi connectivity index (χ4n) is 1.99. The molecular formula is C16H29NaO8S. The van der Waals surface area contributed by atoms with Gasteiger partial charge < -0.3 is 15.0 Å². The molecule has 0 amide bonds. The quantitative estimate of drug-likeness (QED) is 0.156. The molecule has 26 heavy (non-hydrogen) atoms. The van der Waals surface area contributed by atoms with Crippen LogP contribution in [-0.4, -0.2) is 46.7 Å². The number of rotatable bonds is 14. The molecule has 0 aliphatic carbocycles. The van der Waals surface area contributed by atoms with Gasteiger partial charge >= 0.3 is 41.5 Å². The maximum atomic E-state index is 10.2. The standard InChI is InChI=1S/C12H23O.C4H6O7S.Na/c1-2-3-4-5-6-7-8-9-10-11-12-13;5-3(6)1-2(4(7)8)12(9,10)11;/h2-11H2,1H3;2H,1H2,(H,5,6)(H,7,8)(H,9,10,11);/q-1;;+1. The fraction of sp³-hybridized carbons (Fsp3) is 0.812. The van der Waals surface area contributed by atoms with E-state index < -0.39 is 33.7 Å². The molecule has 0 aliphatic heterocycles. The van der Waals surface area contributed by atoms with E-state index in [2.05, 4.69) is 6.92 Å². The summed E-state index contributed by atoms with van der Waals surface area (Å²) in [6.07, 6.45) is 13.2. The number of hydrogen-bond donors (Lipinski definition) is 3. The Balaban J connectivity index is -0.000000393. The summed E-state index contributed by atoms with van der Waals surface area (Å²) in [7, 11) is -4.84. The molecule has 10 heteroatoms. The van der Waals surface area contributed by atoms with Gasteiger partial charge in [-0.2, -0.15) is 14.8 Å². The van der Waals surface area contributed by atoms with Crippen LogP contribution in [0.5, 0.6) is 0 Å². The molecule has 0 aliphatic rings. The first-order chi connectivity index (χ1) is 11.7. The van der Waals surface area contributed by atoms with Crippen LogP contribution in [0.3, 0.4) is 0 Å². The molecule has 0 saturated heterocycles. The number of unbranched alkanes of at least 4 members (excludes halogenated alkanes) is 9. The zero-order valence-corrected chi connectivity index (χ0v) is 18.5. The predicted molar refractivity (Wildman–Crippen MR) is 92.8 cm³/mol. The largest absolute Gasteiger partial charge is 1.00 e. The van der Waals surface area contributed by atoms with E-state index in [0.717, 1.165) is 6.42 Å². The van der Waals surface area contributed by atoms with Gasteiger partial charge in [-0.15, -0.1) is 0 Å². The van der Waals surface area contributed by atoms with Crippen molar-refractivity contribution in [1.29, 1.82) is 0 Å². The van der Waals surface area contributed by atoms with E-state index in [1.54, 1.807) is 0 Å². The Morgan fingerprint density at radius 2 is 1.35 bits per heavy atom. The van der Waals surface area contributed by atoms with Gasteiger partial charge in [-0.05, 0) is 0 Å². The third kappa shape index (κ3) is 21.6. The summed E-state index contributed by atoms with van der Waals surface area (Å²) in [5.74, 6) is -3.50. The van der Waals surface area contributed by atoms with E-state index in [0.29, 0.717) is 6.42 Å². The first-order valence-corrected chi connectivity index (χ1v) is 9.93. The maximum absolute atomic E-state index is 10.2. The van der Waals surface area contributed by atoms with Crippen LogP contribution in [0, 0.1) is 0 Å². The summed E-state index contributed by atoms with van der Waals surface area (Å²) in [5, 5.41) is 13.9. The second-order valence-electron chi connectivity index (χ2n) is 5.66. The average Bonchev–Trinajstić information content (AvgIpc) is 2.50. The van der Waals surface area contributed by atoms with E-state index in [9.17, 15) is 22.8 Å². The molecule has 0 aromatic heterocycles. The second-order valence-corrected chi connectivity index (χ2v) is 7.26. The molecule has 0 aromatic carbocycles. The molecule has 0 heterocycles. The van der Waals surface area contributed by atoms with Crippen LogP contribution in [-0.2, 0) is 24.5 Å². The second kappa shape index (κ2) is 19.3. The zero-order valence-electron chi connectivity index (χ0n) is 15.6. The minimum atomic E-state index is -4.84. The maximum Gasteiger partial charge on any atom is 1.00 e. The normalized spacial score (nSPS) is 11.5. The Morgan fingerprint density at radius 3 is 1.62 bits per heavy atom. The number of hydrogen-bond acceptors (Lipinski definition) is 5. The van der Waals surface area contributed by atoms with Crippen molar-refractivity contribution in [1.82, 2.24) is 0 Å². The molecule has 0 saturated carbocycles. The van der Waals surface area contributed by atoms with Gasteiger partial charge in [0.25, 0.3) is 10.1 Å². The van der Waals surface area contributed by atoms with E-state index >= 15 is 0 Å². The number of carbonyl (C=O) groups excluding carboxylic acids is 1. The van der Waals surface area contributed by atoms with Crippen molar-refractivity contribution in [3.05, 3.63) is 0 Å². The topological polar surface area (TPSA) is 146 Å². The predicted octanol–water partition coefficient (Wildman–Crippen LogP) is -0.177. The van der Waals surface area contributed by atoms with Crippen LogP contribution in [0.25, 0.3) is 0 Å². The minimum absolute atomic E-state index is 0. The first kappa shape index (κ1) is 30.3. The molecule has 1 unspecified atom stereocenters. The molecule has 148 valence electrons. The molecule has 0 bridgehead atoms. The first-order valence-electron chi connectivity index (χ1n) is 8.42. The monoisotopic (exact) mass is 404 g/mol. The molecule has 8 nitrogen and oxygen atoms in total. The third-order valence-electron chi connectivity index (χ3n) is 3.38. The summed E-state index contributed by atoms with van der Waals surface area (Å²) < 4.78 is 28.7. The van der Waals surface area contributed by atoms with Crippen LogP contribution in [0.2, 0.25) is 0 Å². The van der Waals surface area contributed by atoms with Gasteiger partial charge in [0.15, 0.2) is 5.25 Å². The Labute approximate surface area is 177 Å². The molecule has 0 rings (SSSR count). The van der Waals surface area contributed by atoms with Crippen molar-refractivity contribution < 1.29 is 67.1 Å². The van der Waals surface area contributed by atoms with Crippen LogP contribution >= 0.6 is 0 Å². The van der Waals surface area contributed by atoms with Crippen molar-refractivity contribution in [2.24, 2.45) is 0 Å². The molecule has 0 radical (unpaired) electrons. The summed E-state index contributed by atoms with van der Waals surface area (Å²) in [5.41, 5.74) is 0. The zero-order chi connectivity index (χ0) is 19.7. The van der Waals surface area contributed by atoms with Crippen LogP contribution in [0.4, 0.5) is 0 Å². The van der Waals surface area contributed by atoms with Crippen molar-refractivity contribution in [3.63, 3.8) is 0 Å². The van der Waals surface area contributed by atoms with Crippen LogP contribution < -0.4 is 29.6 Å². The Hall–Kier alpha value is -0.480.